The van der Waals surface area contributed by atoms with Crippen molar-refractivity contribution in [3.63, 3.8) is 0 Å². The maximum atomic E-state index is 9.84. The number of aromatic hydroxyl groups is 1. The molecule has 0 aromatic heterocycles. The van der Waals surface area contributed by atoms with E-state index in [1.165, 1.54) is 0 Å². The van der Waals surface area contributed by atoms with Crippen LogP contribution in [0, 0.1) is 0 Å². The van der Waals surface area contributed by atoms with Crippen molar-refractivity contribution in [2.75, 3.05) is 0 Å². The van der Waals surface area contributed by atoms with E-state index in [9.17, 15) is 5.11 Å². The summed E-state index contributed by atoms with van der Waals surface area (Å²) in [6, 6.07) is 3.59. The maximum Gasteiger partial charge on any atom is 0.134 e. The predicted molar refractivity (Wildman–Crippen MR) is 77.2 cm³/mol. The van der Waals surface area contributed by atoms with Crippen LogP contribution in [0.5, 0.6) is 5.75 Å². The molecule has 0 saturated carbocycles. The Kier molecular flexibility index (Phi) is 7.64. The van der Waals surface area contributed by atoms with Crippen molar-refractivity contribution in [1.29, 1.82) is 0 Å². The Labute approximate surface area is 119 Å². The van der Waals surface area contributed by atoms with Gasteiger partial charge in [0, 0.05) is 16.1 Å². The number of nitrogens with two attached hydrogens (primary N) is 1. The van der Waals surface area contributed by atoms with Crippen LogP contribution in [0.3, 0.4) is 0 Å². The highest BCUT2D eigenvalue weighted by Gasteiger charge is 2.13. The first-order valence-electron chi connectivity index (χ1n) is 4.99. The number of hydrogen-bond acceptors (Lipinski definition) is 2. The number of unbranched alkanes of at least 4 members (excludes halogenated alkanes) is 1. The monoisotopic (exact) mass is 371 g/mol. The average molecular weight is 374 g/mol. The number of hydrogen-bond donors (Lipinski definition) is 2. The lowest BCUT2D eigenvalue weighted by molar-refractivity contribution is 0.453. The molecule has 0 aliphatic rings. The lowest BCUT2D eigenvalue weighted by Crippen LogP contribution is -2.10. The van der Waals surface area contributed by atoms with E-state index < -0.39 is 0 Å². The van der Waals surface area contributed by atoms with E-state index in [0.717, 1.165) is 29.3 Å². The van der Waals surface area contributed by atoms with Crippen LogP contribution in [0.2, 0.25) is 0 Å². The summed E-state index contributed by atoms with van der Waals surface area (Å²) in [6.45, 7) is 2.13. The van der Waals surface area contributed by atoms with Gasteiger partial charge in [-0.3, -0.25) is 0 Å². The minimum absolute atomic E-state index is 0. The zero-order valence-electron chi connectivity index (χ0n) is 9.04. The molecule has 0 unspecified atom stereocenters. The van der Waals surface area contributed by atoms with Gasteiger partial charge in [-0.15, -0.1) is 12.4 Å². The summed E-state index contributed by atoms with van der Waals surface area (Å²) in [5.74, 6) is 0.252. The van der Waals surface area contributed by atoms with E-state index in [1.54, 1.807) is 0 Å². The number of phenolic OH excluding ortho intramolecular Hbond substituents is 1. The summed E-state index contributed by atoms with van der Waals surface area (Å²) in [4.78, 5) is 0. The first kappa shape index (κ1) is 16.2. The van der Waals surface area contributed by atoms with E-state index in [1.807, 2.05) is 12.1 Å². The molecule has 0 spiro atoms. The smallest absolute Gasteiger partial charge is 0.134 e. The zero-order valence-corrected chi connectivity index (χ0v) is 13.0. The summed E-state index contributed by atoms with van der Waals surface area (Å²) in [7, 11) is 0. The van der Waals surface area contributed by atoms with Crippen molar-refractivity contribution >= 4 is 44.3 Å². The second-order valence-electron chi connectivity index (χ2n) is 3.57. The van der Waals surface area contributed by atoms with Gasteiger partial charge in [-0.1, -0.05) is 35.7 Å². The molecular formula is C11H16Br2ClNO. The number of rotatable bonds is 4. The van der Waals surface area contributed by atoms with Crippen LogP contribution in [-0.4, -0.2) is 5.11 Å². The first-order chi connectivity index (χ1) is 7.06. The SMILES string of the molecule is CCCC[C@H](N)c1cc(Br)cc(Br)c1O.Cl. The van der Waals surface area contributed by atoms with E-state index in [4.69, 9.17) is 5.73 Å². The highest BCUT2D eigenvalue weighted by molar-refractivity contribution is 9.11. The van der Waals surface area contributed by atoms with Crippen LogP contribution in [0.1, 0.15) is 37.8 Å². The summed E-state index contributed by atoms with van der Waals surface area (Å²) in [5, 5.41) is 9.84. The standard InChI is InChI=1S/C11H15Br2NO.ClH/c1-2-3-4-10(14)8-5-7(12)6-9(13)11(8)15;/h5-6,10,15H,2-4,14H2,1H3;1H/t10-;/m0./s1. The molecule has 0 amide bonds. The summed E-state index contributed by atoms with van der Waals surface area (Å²) in [5.41, 5.74) is 6.81. The molecule has 0 bridgehead atoms. The highest BCUT2D eigenvalue weighted by Crippen LogP contribution is 2.35. The van der Waals surface area contributed by atoms with E-state index in [-0.39, 0.29) is 24.2 Å². The van der Waals surface area contributed by atoms with Crippen LogP contribution >= 0.6 is 44.3 Å². The Morgan fingerprint density at radius 2 is 2.00 bits per heavy atom. The average Bonchev–Trinajstić information content (AvgIpc) is 2.19. The fourth-order valence-electron chi connectivity index (χ4n) is 1.45. The van der Waals surface area contributed by atoms with Gasteiger partial charge in [0.2, 0.25) is 0 Å². The Morgan fingerprint density at radius 1 is 1.38 bits per heavy atom. The number of benzene rings is 1. The molecule has 92 valence electrons. The van der Waals surface area contributed by atoms with Crippen LogP contribution in [-0.2, 0) is 0 Å². The molecule has 0 aliphatic carbocycles. The van der Waals surface area contributed by atoms with Gasteiger partial charge in [0.05, 0.1) is 4.47 Å². The molecule has 2 nitrogen and oxygen atoms in total. The molecule has 0 saturated heterocycles. The van der Waals surface area contributed by atoms with E-state index in [0.29, 0.717) is 4.47 Å². The largest absolute Gasteiger partial charge is 0.506 e. The van der Waals surface area contributed by atoms with Crippen LogP contribution in [0.25, 0.3) is 0 Å². The highest BCUT2D eigenvalue weighted by atomic mass is 79.9. The molecular weight excluding hydrogens is 357 g/mol. The third-order valence-electron chi connectivity index (χ3n) is 2.33. The van der Waals surface area contributed by atoms with Gasteiger partial charge in [-0.25, -0.2) is 0 Å². The molecule has 16 heavy (non-hydrogen) atoms. The van der Waals surface area contributed by atoms with Crippen LogP contribution < -0.4 is 5.73 Å². The fourth-order valence-corrected chi connectivity index (χ4v) is 2.71. The topological polar surface area (TPSA) is 46.2 Å². The van der Waals surface area contributed by atoms with Crippen molar-refractivity contribution < 1.29 is 5.11 Å². The zero-order chi connectivity index (χ0) is 11.4. The maximum absolute atomic E-state index is 9.84. The van der Waals surface area contributed by atoms with Gasteiger partial charge < -0.3 is 10.8 Å². The normalized spacial score (nSPS) is 12.0. The fraction of sp³-hybridized carbons (Fsp3) is 0.455. The molecule has 1 aromatic rings. The first-order valence-corrected chi connectivity index (χ1v) is 6.58. The third-order valence-corrected chi connectivity index (χ3v) is 3.39. The second kappa shape index (κ2) is 7.54. The van der Waals surface area contributed by atoms with Gasteiger partial charge in [0.15, 0.2) is 0 Å². The molecule has 1 atom stereocenters. The molecule has 1 rings (SSSR count). The molecule has 0 heterocycles. The van der Waals surface area contributed by atoms with Crippen molar-refractivity contribution in [3.8, 4) is 5.75 Å². The van der Waals surface area contributed by atoms with Crippen molar-refractivity contribution in [2.24, 2.45) is 5.73 Å². The minimum Gasteiger partial charge on any atom is -0.506 e. The predicted octanol–water partition coefficient (Wildman–Crippen LogP) is 4.53. The summed E-state index contributed by atoms with van der Waals surface area (Å²) >= 11 is 6.68. The molecule has 3 N–H and O–H groups in total. The van der Waals surface area contributed by atoms with Gasteiger partial charge >= 0.3 is 0 Å². The molecule has 0 fully saturated rings. The Bertz CT molecular complexity index is 347. The molecule has 1 aromatic carbocycles. The number of phenols is 1. The lowest BCUT2D eigenvalue weighted by Gasteiger charge is -2.14. The Morgan fingerprint density at radius 3 is 2.56 bits per heavy atom. The van der Waals surface area contributed by atoms with Crippen molar-refractivity contribution in [1.82, 2.24) is 0 Å². The Hall–Kier alpha value is 0.230. The quantitative estimate of drug-likeness (QED) is 0.815. The van der Waals surface area contributed by atoms with Gasteiger partial charge in [0.25, 0.3) is 0 Å². The van der Waals surface area contributed by atoms with E-state index in [2.05, 4.69) is 38.8 Å². The Balaban J connectivity index is 0.00000225. The van der Waals surface area contributed by atoms with Gasteiger partial charge in [0.1, 0.15) is 5.75 Å². The number of halogens is 3. The lowest BCUT2D eigenvalue weighted by atomic mass is 10.0. The van der Waals surface area contributed by atoms with E-state index >= 15 is 0 Å². The summed E-state index contributed by atoms with van der Waals surface area (Å²) in [6.07, 6.45) is 3.08. The molecule has 0 aliphatic heterocycles. The minimum atomic E-state index is -0.0984. The summed E-state index contributed by atoms with van der Waals surface area (Å²) < 4.78 is 1.60. The van der Waals surface area contributed by atoms with Crippen molar-refractivity contribution in [2.45, 2.75) is 32.2 Å². The van der Waals surface area contributed by atoms with Crippen LogP contribution in [0.15, 0.2) is 21.1 Å². The van der Waals surface area contributed by atoms with Gasteiger partial charge in [-0.05, 0) is 34.5 Å². The molecule has 0 radical (unpaired) electrons. The second-order valence-corrected chi connectivity index (χ2v) is 5.34. The molecule has 5 heteroatoms. The van der Waals surface area contributed by atoms with Gasteiger partial charge in [-0.2, -0.15) is 0 Å². The van der Waals surface area contributed by atoms with Crippen LogP contribution in [0.4, 0.5) is 0 Å². The third kappa shape index (κ3) is 4.24. The van der Waals surface area contributed by atoms with Crippen molar-refractivity contribution in [3.05, 3.63) is 26.6 Å².